The first-order valence-corrected chi connectivity index (χ1v) is 12.6. The van der Waals surface area contributed by atoms with Crippen molar-refractivity contribution in [3.63, 3.8) is 0 Å². The maximum absolute atomic E-state index is 3.06. The molecule has 4 aliphatic rings. The van der Waals surface area contributed by atoms with Crippen molar-refractivity contribution >= 4 is 13.6 Å². The van der Waals surface area contributed by atoms with Gasteiger partial charge >= 0.3 is 30.0 Å². The van der Waals surface area contributed by atoms with Crippen LogP contribution in [-0.2, 0) is 16.3 Å². The van der Waals surface area contributed by atoms with Crippen LogP contribution in [0.5, 0.6) is 0 Å². The van der Waals surface area contributed by atoms with E-state index in [-0.39, 0.29) is 0 Å². The van der Waals surface area contributed by atoms with E-state index in [4.69, 9.17) is 0 Å². The summed E-state index contributed by atoms with van der Waals surface area (Å²) in [5.74, 6) is 2.99. The van der Waals surface area contributed by atoms with E-state index in [1.807, 2.05) is 5.92 Å². The second kappa shape index (κ2) is 3.84. The number of rotatable bonds is 0. The molecule has 2 heteroatoms. The van der Waals surface area contributed by atoms with E-state index >= 15 is 0 Å². The minimum absolute atomic E-state index is 0.726. The molecular formula is C12H19BrZn. The summed E-state index contributed by atoms with van der Waals surface area (Å²) in [6, 6.07) is 0. The van der Waals surface area contributed by atoms with Gasteiger partial charge in [0.25, 0.3) is 0 Å². The molecule has 0 aromatic rings. The molecule has 4 bridgehead atoms. The molecule has 0 aliphatic heterocycles. The average molecular weight is 309 g/mol. The standard InChI is InChI=1S/C12H19.BrH.Zn/c1-11-4-9-3-10(5-11)7-12(2,6-9)8-11;;/h9H,3-8H2,1-2H3;1H;/q-1;;+2/p-1. The molecule has 0 spiro atoms. The number of hydrogen-bond acceptors (Lipinski definition) is 0. The van der Waals surface area contributed by atoms with E-state index in [1.165, 1.54) is 54.9 Å². The summed E-state index contributed by atoms with van der Waals surface area (Å²) in [7, 11) is 0. The van der Waals surface area contributed by atoms with Crippen LogP contribution in [0.2, 0.25) is 0 Å². The molecule has 0 radical (unpaired) electrons. The Labute approximate surface area is 105 Å². The molecule has 14 heavy (non-hydrogen) atoms. The second-order valence-corrected chi connectivity index (χ2v) is 6.38. The van der Waals surface area contributed by atoms with Crippen molar-refractivity contribution in [1.82, 2.24) is 0 Å². The molecule has 76 valence electrons. The van der Waals surface area contributed by atoms with Crippen LogP contribution < -0.4 is 0 Å². The first kappa shape index (κ1) is 11.6. The molecular weight excluding hydrogens is 289 g/mol. The number of halogens is 1. The quantitative estimate of drug-likeness (QED) is 0.459. The van der Waals surface area contributed by atoms with Crippen LogP contribution in [0.1, 0.15) is 52.4 Å². The summed E-state index contributed by atoms with van der Waals surface area (Å²) in [4.78, 5) is 0. The van der Waals surface area contributed by atoms with Crippen molar-refractivity contribution in [2.75, 3.05) is 0 Å². The first-order chi connectivity index (χ1) is 6.57. The average Bonchev–Trinajstić information content (AvgIpc) is 2.00. The number of hydrogen-bond donors (Lipinski definition) is 0. The molecule has 0 heterocycles. The van der Waals surface area contributed by atoms with Gasteiger partial charge < -0.3 is 5.92 Å². The van der Waals surface area contributed by atoms with Crippen LogP contribution in [0.3, 0.4) is 0 Å². The summed E-state index contributed by atoms with van der Waals surface area (Å²) in [5, 5.41) is 0. The molecule has 0 aromatic heterocycles. The van der Waals surface area contributed by atoms with Crippen LogP contribution in [0, 0.1) is 22.7 Å². The second-order valence-electron chi connectivity index (χ2n) is 6.38. The Morgan fingerprint density at radius 2 is 1.64 bits per heavy atom. The van der Waals surface area contributed by atoms with Gasteiger partial charge in [0.2, 0.25) is 0 Å². The van der Waals surface area contributed by atoms with Gasteiger partial charge in [-0.2, -0.15) is 19.3 Å². The predicted molar refractivity (Wildman–Crippen MR) is 59.6 cm³/mol. The third kappa shape index (κ3) is 1.98. The van der Waals surface area contributed by atoms with Gasteiger partial charge in [0, 0.05) is 0 Å². The fourth-order valence-corrected chi connectivity index (χ4v) is 4.88. The molecule has 0 nitrogen and oxygen atoms in total. The van der Waals surface area contributed by atoms with Crippen LogP contribution >= 0.6 is 13.6 Å². The van der Waals surface area contributed by atoms with Crippen molar-refractivity contribution in [3.8, 4) is 0 Å². The fraction of sp³-hybridized carbons (Fsp3) is 0.917. The van der Waals surface area contributed by atoms with Crippen molar-refractivity contribution in [3.05, 3.63) is 5.92 Å². The van der Waals surface area contributed by atoms with E-state index in [0.29, 0.717) is 0 Å². The predicted octanol–water partition coefficient (Wildman–Crippen LogP) is 4.41. The third-order valence-electron chi connectivity index (χ3n) is 4.35. The zero-order valence-corrected chi connectivity index (χ0v) is 14.0. The summed E-state index contributed by atoms with van der Waals surface area (Å²) in [6.45, 7) is 5.05. The van der Waals surface area contributed by atoms with E-state index in [1.54, 1.807) is 0 Å². The Morgan fingerprint density at radius 3 is 2.00 bits per heavy atom. The normalized spacial score (nSPS) is 50.2. The van der Waals surface area contributed by atoms with E-state index in [2.05, 4.69) is 27.5 Å². The molecule has 4 aliphatic carbocycles. The zero-order valence-electron chi connectivity index (χ0n) is 9.41. The van der Waals surface area contributed by atoms with Crippen LogP contribution in [0.25, 0.3) is 0 Å². The fourth-order valence-electron chi connectivity index (χ4n) is 4.88. The van der Waals surface area contributed by atoms with E-state index in [0.717, 1.165) is 16.7 Å². The summed E-state index contributed by atoms with van der Waals surface area (Å²) < 4.78 is 0. The van der Waals surface area contributed by atoms with Gasteiger partial charge in [0.05, 0.1) is 0 Å². The Bertz CT molecular complexity index is 192. The van der Waals surface area contributed by atoms with E-state index in [9.17, 15) is 0 Å². The van der Waals surface area contributed by atoms with Crippen molar-refractivity contribution in [1.29, 1.82) is 0 Å². The van der Waals surface area contributed by atoms with Gasteiger partial charge in [-0.05, 0) is 19.3 Å². The van der Waals surface area contributed by atoms with Gasteiger partial charge in [0.15, 0.2) is 0 Å². The molecule has 2 unspecified atom stereocenters. The van der Waals surface area contributed by atoms with Gasteiger partial charge in [-0.15, -0.1) is 0 Å². The van der Waals surface area contributed by atoms with Crippen LogP contribution in [-0.4, -0.2) is 0 Å². The molecule has 0 amide bonds. The molecule has 4 rings (SSSR count). The Kier molecular flexibility index (Phi) is 3.18. The topological polar surface area (TPSA) is 0 Å². The molecule has 0 saturated heterocycles. The molecule has 2 atom stereocenters. The maximum atomic E-state index is 3.06. The van der Waals surface area contributed by atoms with Gasteiger partial charge in [0.1, 0.15) is 0 Å². The van der Waals surface area contributed by atoms with Gasteiger partial charge in [-0.1, -0.05) is 30.6 Å². The minimum atomic E-state index is 0.726. The summed E-state index contributed by atoms with van der Waals surface area (Å²) >= 11 is 4.25. The van der Waals surface area contributed by atoms with Crippen molar-refractivity contribution in [2.24, 2.45) is 16.7 Å². The molecule has 0 N–H and O–H groups in total. The first-order valence-electron chi connectivity index (χ1n) is 5.67. The molecule has 0 aromatic carbocycles. The summed E-state index contributed by atoms with van der Waals surface area (Å²) in [6.07, 6.45) is 9.02. The monoisotopic (exact) mass is 306 g/mol. The third-order valence-corrected chi connectivity index (χ3v) is 4.35. The van der Waals surface area contributed by atoms with Crippen LogP contribution in [0.4, 0.5) is 0 Å². The van der Waals surface area contributed by atoms with Crippen LogP contribution in [0.15, 0.2) is 0 Å². The van der Waals surface area contributed by atoms with E-state index < -0.39 is 0 Å². The van der Waals surface area contributed by atoms with Crippen molar-refractivity contribution in [2.45, 2.75) is 52.4 Å². The Balaban J connectivity index is 0.000000354. The molecule has 4 fully saturated rings. The molecule has 4 saturated carbocycles. The zero-order chi connectivity index (χ0) is 10.4. The Hall–Kier alpha value is 1.10. The van der Waals surface area contributed by atoms with Gasteiger partial charge in [-0.3, -0.25) is 0 Å². The Morgan fingerprint density at radius 1 is 1.14 bits per heavy atom. The van der Waals surface area contributed by atoms with Gasteiger partial charge in [-0.25, -0.2) is 0 Å². The van der Waals surface area contributed by atoms with Crippen molar-refractivity contribution < 1.29 is 16.3 Å². The SMILES string of the molecule is CC12C[C-]3CC(C1)CC(C)(C3)C2.[Zn+][Br]. The summed E-state index contributed by atoms with van der Waals surface area (Å²) in [5.41, 5.74) is 1.45.